The summed E-state index contributed by atoms with van der Waals surface area (Å²) in [6.45, 7) is 0.989. The third kappa shape index (κ3) is 3.05. The Balaban J connectivity index is 1.71. The molecule has 1 aliphatic carbocycles. The van der Waals surface area contributed by atoms with Gasteiger partial charge in [0.1, 0.15) is 5.76 Å². The van der Waals surface area contributed by atoms with Crippen LogP contribution in [0, 0.1) is 10.4 Å². The Morgan fingerprint density at radius 2 is 2.04 bits per heavy atom. The molecule has 0 fully saturated rings. The van der Waals surface area contributed by atoms with Crippen LogP contribution in [-0.4, -0.2) is 48.1 Å². The number of likely N-dealkylation sites (N-methyl/N-ethyl adjacent to an activating group) is 1. The number of fused-ring (bicyclic) bond motifs is 2. The van der Waals surface area contributed by atoms with Crippen LogP contribution in [0.5, 0.6) is 17.2 Å². The number of allylic oxidation sites excluding steroid dienone is 5. The topological polar surface area (TPSA) is 100 Å². The van der Waals surface area contributed by atoms with Crippen molar-refractivity contribution in [3.63, 3.8) is 0 Å². The normalized spacial score (nSPS) is 20.3. The van der Waals surface area contributed by atoms with Crippen LogP contribution in [0.2, 0.25) is 0 Å². The van der Waals surface area contributed by atoms with Crippen LogP contribution in [0.25, 0.3) is 0 Å². The van der Waals surface area contributed by atoms with E-state index in [0.717, 1.165) is 24.1 Å². The summed E-state index contributed by atoms with van der Waals surface area (Å²) in [5.41, 5.74) is 2.64. The van der Waals surface area contributed by atoms with E-state index in [0.29, 0.717) is 29.2 Å². The summed E-state index contributed by atoms with van der Waals surface area (Å²) in [5.74, 6) is 2.08. The highest BCUT2D eigenvalue weighted by Gasteiger charge is 2.34. The van der Waals surface area contributed by atoms with Crippen LogP contribution in [0.3, 0.4) is 0 Å². The maximum atomic E-state index is 10.8. The third-order valence-corrected chi connectivity index (χ3v) is 5.34. The molecule has 1 aromatic carbocycles. The Kier molecular flexibility index (Phi) is 4.64. The van der Waals surface area contributed by atoms with Crippen molar-refractivity contribution in [1.82, 2.24) is 4.90 Å². The van der Waals surface area contributed by atoms with Crippen molar-refractivity contribution in [3.05, 3.63) is 63.2 Å². The molecule has 3 aliphatic rings. The minimum Gasteiger partial charge on any atom is -0.612 e. The van der Waals surface area contributed by atoms with Crippen LogP contribution in [0.15, 0.2) is 41.7 Å². The Morgan fingerprint density at radius 1 is 1.29 bits per heavy atom. The minimum atomic E-state index is -0.459. The largest absolute Gasteiger partial charge is 0.612 e. The predicted molar refractivity (Wildman–Crippen MR) is 103 cm³/mol. The summed E-state index contributed by atoms with van der Waals surface area (Å²) in [5, 5.41) is 32.4. The lowest BCUT2D eigenvalue weighted by Crippen LogP contribution is -2.33. The van der Waals surface area contributed by atoms with E-state index >= 15 is 0 Å². The van der Waals surface area contributed by atoms with Gasteiger partial charge in [0.05, 0.1) is 7.11 Å². The molecule has 1 aromatic rings. The zero-order chi connectivity index (χ0) is 19.8. The van der Waals surface area contributed by atoms with E-state index in [1.54, 1.807) is 19.3 Å². The van der Waals surface area contributed by atoms with Crippen LogP contribution in [0.4, 0.5) is 0 Å². The molecule has 8 nitrogen and oxygen atoms in total. The first-order chi connectivity index (χ1) is 13.5. The number of hydrogen-bond donors (Lipinski definition) is 1. The SMILES string of the molecule is COc1c2c(cc3c1C(CC(O)=C1C=CC(=[N+]([O-])[O-])C=C1)N(C)CC3)OCO2. The first kappa shape index (κ1) is 18.2. The molecule has 0 bridgehead atoms. The van der Waals surface area contributed by atoms with E-state index in [2.05, 4.69) is 4.90 Å². The lowest BCUT2D eigenvalue weighted by Gasteiger charge is -2.36. The Morgan fingerprint density at radius 3 is 2.71 bits per heavy atom. The number of methoxy groups -OCH3 is 1. The Hall–Kier alpha value is -3.13. The molecule has 1 N–H and O–H groups in total. The molecule has 0 radical (unpaired) electrons. The number of rotatable bonds is 3. The molecule has 28 heavy (non-hydrogen) atoms. The third-order valence-electron chi connectivity index (χ3n) is 5.34. The molecule has 4 rings (SSSR count). The van der Waals surface area contributed by atoms with E-state index in [4.69, 9.17) is 14.2 Å². The van der Waals surface area contributed by atoms with Crippen LogP contribution in [-0.2, 0) is 6.42 Å². The van der Waals surface area contributed by atoms with Gasteiger partial charge >= 0.3 is 0 Å². The van der Waals surface area contributed by atoms with Crippen molar-refractivity contribution in [2.75, 3.05) is 27.5 Å². The van der Waals surface area contributed by atoms with Crippen molar-refractivity contribution < 1.29 is 24.2 Å². The van der Waals surface area contributed by atoms with Crippen LogP contribution in [0.1, 0.15) is 23.6 Å². The highest BCUT2D eigenvalue weighted by atomic mass is 16.8. The second-order valence-electron chi connectivity index (χ2n) is 6.92. The fourth-order valence-corrected chi connectivity index (χ4v) is 3.86. The number of hydrogen-bond acceptors (Lipinski definition) is 7. The van der Waals surface area contributed by atoms with Crippen molar-refractivity contribution in [3.8, 4) is 17.2 Å². The number of aliphatic hydroxyl groups excluding tert-OH is 1. The van der Waals surface area contributed by atoms with E-state index in [1.807, 2.05) is 13.1 Å². The fourth-order valence-electron chi connectivity index (χ4n) is 3.86. The lowest BCUT2D eigenvalue weighted by molar-refractivity contribution is -0.377. The molecule has 1 unspecified atom stereocenters. The summed E-state index contributed by atoms with van der Waals surface area (Å²) < 4.78 is 16.8. The van der Waals surface area contributed by atoms with Crippen molar-refractivity contribution in [2.24, 2.45) is 0 Å². The second-order valence-corrected chi connectivity index (χ2v) is 6.92. The van der Waals surface area contributed by atoms with Gasteiger partial charge < -0.3 is 29.7 Å². The van der Waals surface area contributed by atoms with E-state index in [-0.39, 0.29) is 24.3 Å². The van der Waals surface area contributed by atoms with Gasteiger partial charge in [-0.15, -0.1) is 0 Å². The van der Waals surface area contributed by atoms with Gasteiger partial charge in [0, 0.05) is 42.3 Å². The maximum Gasteiger partial charge on any atom is 0.231 e. The summed E-state index contributed by atoms with van der Waals surface area (Å²) in [7, 11) is 3.60. The molecule has 2 heterocycles. The van der Waals surface area contributed by atoms with E-state index < -0.39 is 4.90 Å². The van der Waals surface area contributed by atoms with E-state index in [9.17, 15) is 15.5 Å². The molecule has 148 valence electrons. The van der Waals surface area contributed by atoms with Gasteiger partial charge in [-0.2, -0.15) is 4.90 Å². The van der Waals surface area contributed by atoms with Crippen molar-refractivity contribution >= 4 is 5.71 Å². The van der Waals surface area contributed by atoms with Gasteiger partial charge in [0.25, 0.3) is 0 Å². The van der Waals surface area contributed by atoms with E-state index in [1.165, 1.54) is 12.2 Å². The van der Waals surface area contributed by atoms with Crippen molar-refractivity contribution in [1.29, 1.82) is 0 Å². The lowest BCUT2D eigenvalue weighted by atomic mass is 9.88. The number of ether oxygens (including phenoxy) is 3. The standard InChI is InChI=1S/C20H21N2O6/c1-21-8-7-13-9-17-19(28-11-27-17)20(26-2)18(13)15(21)10-16(23)12-3-5-14(6-4-12)22(24)25/h3-6,9,15H,7-8,10-11H2,1-2H3,(H-,23,24,25)/q-1. The first-order valence-electron chi connectivity index (χ1n) is 8.98. The monoisotopic (exact) mass is 385 g/mol. The average Bonchev–Trinajstić information content (AvgIpc) is 3.16. The molecular formula is C20H21N2O6-. The minimum absolute atomic E-state index is 0.00828. The number of nitrogens with zero attached hydrogens (tertiary/aromatic N) is 2. The zero-order valence-corrected chi connectivity index (χ0v) is 15.7. The second kappa shape index (κ2) is 7.12. The van der Waals surface area contributed by atoms with Gasteiger partial charge in [-0.1, -0.05) is 0 Å². The molecule has 0 saturated heterocycles. The fraction of sp³-hybridized carbons (Fsp3) is 0.350. The molecule has 0 aromatic heterocycles. The summed E-state index contributed by atoms with van der Waals surface area (Å²) in [6.07, 6.45) is 7.10. The van der Waals surface area contributed by atoms with Gasteiger partial charge in [-0.05, 0) is 37.3 Å². The highest BCUT2D eigenvalue weighted by molar-refractivity contribution is 6.02. The molecule has 0 amide bonds. The van der Waals surface area contributed by atoms with Crippen LogP contribution >= 0.6 is 0 Å². The smallest absolute Gasteiger partial charge is 0.231 e. The first-order valence-corrected chi connectivity index (χ1v) is 8.98. The zero-order valence-electron chi connectivity index (χ0n) is 15.7. The summed E-state index contributed by atoms with van der Waals surface area (Å²) in [4.78, 5) is 1.70. The Bertz CT molecular complexity index is 909. The van der Waals surface area contributed by atoms with Gasteiger partial charge in [0.2, 0.25) is 18.3 Å². The molecule has 1 atom stereocenters. The molecule has 2 aliphatic heterocycles. The quantitative estimate of drug-likeness (QED) is 0.485. The van der Waals surface area contributed by atoms with Crippen LogP contribution < -0.4 is 14.2 Å². The molecule has 0 saturated carbocycles. The van der Waals surface area contributed by atoms with Crippen molar-refractivity contribution in [2.45, 2.75) is 18.9 Å². The predicted octanol–water partition coefficient (Wildman–Crippen LogP) is 2.73. The number of aliphatic hydroxyl groups is 1. The molecular weight excluding hydrogens is 364 g/mol. The maximum absolute atomic E-state index is 10.8. The van der Waals surface area contributed by atoms with Gasteiger partial charge in [-0.3, -0.25) is 4.90 Å². The average molecular weight is 385 g/mol. The van der Waals surface area contributed by atoms with Gasteiger partial charge in [-0.25, -0.2) is 0 Å². The number of benzene rings is 1. The summed E-state index contributed by atoms with van der Waals surface area (Å²) in [6, 6.07) is 1.87. The summed E-state index contributed by atoms with van der Waals surface area (Å²) >= 11 is 0. The highest BCUT2D eigenvalue weighted by Crippen LogP contribution is 2.50. The Labute approximate surface area is 162 Å². The molecule has 8 heteroatoms. The molecule has 0 spiro atoms. The van der Waals surface area contributed by atoms with Gasteiger partial charge in [0.15, 0.2) is 11.5 Å².